The van der Waals surface area contributed by atoms with E-state index in [1.807, 2.05) is 44.2 Å². The van der Waals surface area contributed by atoms with Crippen LogP contribution in [0.3, 0.4) is 0 Å². The third-order valence-corrected chi connectivity index (χ3v) is 4.97. The van der Waals surface area contributed by atoms with E-state index < -0.39 is 0 Å². The molecule has 0 atom stereocenters. The minimum Gasteiger partial charge on any atom is -0.377 e. The number of hydrogen-bond acceptors (Lipinski definition) is 4. The smallest absolute Gasteiger partial charge is 0.261 e. The number of aryl methyl sites for hydroxylation is 1. The van der Waals surface area contributed by atoms with Crippen molar-refractivity contribution < 1.29 is 19.1 Å². The predicted molar refractivity (Wildman–Crippen MR) is 109 cm³/mol. The van der Waals surface area contributed by atoms with Crippen LogP contribution >= 0.6 is 0 Å². The molecule has 0 radical (unpaired) electrons. The fraction of sp³-hybridized carbons (Fsp3) is 0.348. The minimum atomic E-state index is -0.282. The van der Waals surface area contributed by atoms with E-state index in [0.29, 0.717) is 37.3 Å². The summed E-state index contributed by atoms with van der Waals surface area (Å²) in [6, 6.07) is 13.1. The lowest BCUT2D eigenvalue weighted by molar-refractivity contribution is -0.121. The summed E-state index contributed by atoms with van der Waals surface area (Å²) >= 11 is 0. The summed E-state index contributed by atoms with van der Waals surface area (Å²) in [6.07, 6.45) is 0.678. The summed E-state index contributed by atoms with van der Waals surface area (Å²) in [4.78, 5) is 38.3. The molecule has 0 bridgehead atoms. The van der Waals surface area contributed by atoms with Gasteiger partial charge in [0.2, 0.25) is 5.91 Å². The minimum absolute atomic E-state index is 0.108. The second kappa shape index (κ2) is 9.47. The average molecular weight is 394 g/mol. The van der Waals surface area contributed by atoms with Gasteiger partial charge in [0.1, 0.15) is 0 Å². The lowest BCUT2D eigenvalue weighted by atomic mass is 10.1. The zero-order chi connectivity index (χ0) is 20.8. The number of carbonyl (C=O) groups excluding carboxylic acids is 3. The van der Waals surface area contributed by atoms with Crippen molar-refractivity contribution in [2.45, 2.75) is 39.8 Å². The molecule has 6 heteroatoms. The number of hydrogen-bond donors (Lipinski definition) is 1. The van der Waals surface area contributed by atoms with Crippen LogP contribution in [0.25, 0.3) is 0 Å². The fourth-order valence-corrected chi connectivity index (χ4v) is 3.37. The molecule has 0 unspecified atom stereocenters. The van der Waals surface area contributed by atoms with E-state index in [1.165, 1.54) is 4.90 Å². The molecule has 29 heavy (non-hydrogen) atoms. The van der Waals surface area contributed by atoms with Gasteiger partial charge in [0, 0.05) is 26.1 Å². The molecule has 0 aliphatic carbocycles. The third-order valence-electron chi connectivity index (χ3n) is 4.97. The second-order valence-electron chi connectivity index (χ2n) is 7.10. The van der Waals surface area contributed by atoms with E-state index in [4.69, 9.17) is 4.74 Å². The molecule has 3 rings (SSSR count). The Balaban J connectivity index is 1.48. The van der Waals surface area contributed by atoms with E-state index in [2.05, 4.69) is 5.32 Å². The summed E-state index contributed by atoms with van der Waals surface area (Å²) in [5.41, 5.74) is 3.90. The van der Waals surface area contributed by atoms with Gasteiger partial charge in [-0.1, -0.05) is 35.9 Å². The van der Waals surface area contributed by atoms with Gasteiger partial charge in [-0.25, -0.2) is 0 Å². The second-order valence-corrected chi connectivity index (χ2v) is 7.10. The van der Waals surface area contributed by atoms with Crippen LogP contribution in [0.15, 0.2) is 42.5 Å². The number of amides is 3. The van der Waals surface area contributed by atoms with Crippen LogP contribution in [0.4, 0.5) is 0 Å². The lowest BCUT2D eigenvalue weighted by Crippen LogP contribution is -2.32. The highest BCUT2D eigenvalue weighted by Crippen LogP contribution is 2.24. The average Bonchev–Trinajstić information content (AvgIpc) is 2.95. The molecule has 0 spiro atoms. The Labute approximate surface area is 170 Å². The quantitative estimate of drug-likeness (QED) is 0.663. The number of rotatable bonds is 9. The van der Waals surface area contributed by atoms with Crippen molar-refractivity contribution in [1.29, 1.82) is 0 Å². The molecule has 0 saturated heterocycles. The Morgan fingerprint density at radius 2 is 1.76 bits per heavy atom. The highest BCUT2D eigenvalue weighted by atomic mass is 16.5. The maximum Gasteiger partial charge on any atom is 0.261 e. The zero-order valence-corrected chi connectivity index (χ0v) is 16.9. The van der Waals surface area contributed by atoms with E-state index in [-0.39, 0.29) is 30.7 Å². The van der Waals surface area contributed by atoms with Crippen molar-refractivity contribution in [1.82, 2.24) is 10.2 Å². The van der Waals surface area contributed by atoms with Crippen LogP contribution in [0.2, 0.25) is 0 Å². The molecule has 0 fully saturated rings. The normalized spacial score (nSPS) is 13.0. The lowest BCUT2D eigenvalue weighted by Gasteiger charge is -2.14. The van der Waals surface area contributed by atoms with Crippen molar-refractivity contribution in [2.75, 3.05) is 13.2 Å². The number of nitrogens with zero attached hydrogens (tertiary/aromatic N) is 1. The van der Waals surface area contributed by atoms with Gasteiger partial charge >= 0.3 is 0 Å². The van der Waals surface area contributed by atoms with Gasteiger partial charge in [-0.05, 0) is 43.5 Å². The number of carbonyl (C=O) groups is 3. The van der Waals surface area contributed by atoms with E-state index in [1.54, 1.807) is 12.1 Å². The molecule has 0 aromatic heterocycles. The topological polar surface area (TPSA) is 75.7 Å². The van der Waals surface area contributed by atoms with Gasteiger partial charge in [0.15, 0.2) is 0 Å². The molecule has 1 N–H and O–H groups in total. The molecule has 3 amide bonds. The summed E-state index contributed by atoms with van der Waals surface area (Å²) < 4.78 is 5.46. The first-order valence-electron chi connectivity index (χ1n) is 9.89. The van der Waals surface area contributed by atoms with Crippen molar-refractivity contribution >= 4 is 17.7 Å². The largest absolute Gasteiger partial charge is 0.377 e. The van der Waals surface area contributed by atoms with Crippen LogP contribution < -0.4 is 5.32 Å². The summed E-state index contributed by atoms with van der Waals surface area (Å²) in [7, 11) is 0. The van der Waals surface area contributed by atoms with E-state index in [9.17, 15) is 14.4 Å². The molecule has 1 aliphatic rings. The predicted octanol–water partition coefficient (Wildman–Crippen LogP) is 3.22. The Kier molecular flexibility index (Phi) is 6.77. The van der Waals surface area contributed by atoms with Crippen molar-refractivity contribution in [3.05, 3.63) is 70.3 Å². The maximum absolute atomic E-state index is 12.5. The van der Waals surface area contributed by atoms with Crippen molar-refractivity contribution in [3.63, 3.8) is 0 Å². The monoisotopic (exact) mass is 394 g/mol. The van der Waals surface area contributed by atoms with Crippen LogP contribution in [0.1, 0.15) is 57.2 Å². The SMILES string of the molecule is CCOCc1ccccc1CNC(=O)CCCN1C(=O)c2ccc(C)cc2C1=O. The fourth-order valence-electron chi connectivity index (χ4n) is 3.37. The molecule has 0 saturated carbocycles. The van der Waals surface area contributed by atoms with Crippen molar-refractivity contribution in [3.8, 4) is 0 Å². The Hall–Kier alpha value is -2.99. The molecular weight excluding hydrogens is 368 g/mol. The highest BCUT2D eigenvalue weighted by Gasteiger charge is 2.34. The number of imide groups is 1. The van der Waals surface area contributed by atoms with Crippen LogP contribution in [-0.2, 0) is 22.7 Å². The number of benzene rings is 2. The number of nitrogens with one attached hydrogen (secondary N) is 1. The van der Waals surface area contributed by atoms with Crippen LogP contribution in [0, 0.1) is 6.92 Å². The van der Waals surface area contributed by atoms with Gasteiger partial charge in [0.05, 0.1) is 17.7 Å². The number of fused-ring (bicyclic) bond motifs is 1. The summed E-state index contributed by atoms with van der Waals surface area (Å²) in [5, 5.41) is 2.91. The van der Waals surface area contributed by atoms with Gasteiger partial charge in [-0.15, -0.1) is 0 Å². The first-order valence-corrected chi connectivity index (χ1v) is 9.89. The molecule has 152 valence electrons. The summed E-state index contributed by atoms with van der Waals surface area (Å²) in [6.45, 7) is 5.64. The first-order chi connectivity index (χ1) is 14.0. The highest BCUT2D eigenvalue weighted by molar-refractivity contribution is 6.21. The van der Waals surface area contributed by atoms with Gasteiger partial charge < -0.3 is 10.1 Å². The van der Waals surface area contributed by atoms with E-state index in [0.717, 1.165) is 16.7 Å². The van der Waals surface area contributed by atoms with Gasteiger partial charge in [-0.3, -0.25) is 19.3 Å². The first kappa shape index (κ1) is 20.7. The molecule has 2 aromatic rings. The standard InChI is InChI=1S/C23H26N2O4/c1-3-29-15-18-8-5-4-7-17(18)14-24-21(26)9-6-12-25-22(27)19-11-10-16(2)13-20(19)23(25)28/h4-5,7-8,10-11,13H,3,6,9,12,14-15H2,1-2H3,(H,24,26). The molecule has 1 heterocycles. The zero-order valence-electron chi connectivity index (χ0n) is 16.9. The molecular formula is C23H26N2O4. The maximum atomic E-state index is 12.5. The molecule has 1 aliphatic heterocycles. The molecule has 2 aromatic carbocycles. The van der Waals surface area contributed by atoms with Gasteiger partial charge in [0.25, 0.3) is 11.8 Å². The third kappa shape index (κ3) is 4.90. The Morgan fingerprint density at radius 1 is 1.03 bits per heavy atom. The Morgan fingerprint density at radius 3 is 2.52 bits per heavy atom. The summed E-state index contributed by atoms with van der Waals surface area (Å²) in [5.74, 6) is -0.669. The molecule has 6 nitrogen and oxygen atoms in total. The van der Waals surface area contributed by atoms with Crippen LogP contribution in [0.5, 0.6) is 0 Å². The van der Waals surface area contributed by atoms with Crippen molar-refractivity contribution in [2.24, 2.45) is 0 Å². The van der Waals surface area contributed by atoms with Crippen LogP contribution in [-0.4, -0.2) is 35.8 Å². The van der Waals surface area contributed by atoms with E-state index >= 15 is 0 Å². The Bertz CT molecular complexity index is 923. The number of ether oxygens (including phenoxy) is 1. The van der Waals surface area contributed by atoms with Gasteiger partial charge in [-0.2, -0.15) is 0 Å².